The quantitative estimate of drug-likeness (QED) is 0.774. The molecule has 1 fully saturated rings. The van der Waals surface area contributed by atoms with Crippen LogP contribution >= 0.6 is 0 Å². The van der Waals surface area contributed by atoms with Crippen LogP contribution in [0.4, 0.5) is 4.39 Å². The van der Waals surface area contributed by atoms with E-state index in [1.165, 1.54) is 25.3 Å². The van der Waals surface area contributed by atoms with Crippen LogP contribution in [0.3, 0.4) is 0 Å². The first-order valence-corrected chi connectivity index (χ1v) is 4.96. The highest BCUT2D eigenvalue weighted by Crippen LogP contribution is 2.20. The summed E-state index contributed by atoms with van der Waals surface area (Å²) in [5.74, 6) is -0.355. The molecule has 14 heavy (non-hydrogen) atoms. The smallest absolute Gasteiger partial charge is 0.131 e. The van der Waals surface area contributed by atoms with E-state index in [0.717, 1.165) is 6.07 Å². The topological polar surface area (TPSA) is 32.3 Å². The third-order valence-corrected chi connectivity index (χ3v) is 2.72. The first kappa shape index (κ1) is 9.46. The molecular weight excluding hydrogens is 181 g/mol. The van der Waals surface area contributed by atoms with Crippen molar-refractivity contribution in [3.05, 3.63) is 29.6 Å². The summed E-state index contributed by atoms with van der Waals surface area (Å²) in [6.07, 6.45) is 3.66. The Morgan fingerprint density at radius 3 is 2.79 bits per heavy atom. The highest BCUT2D eigenvalue weighted by atomic mass is 19.1. The molecule has 0 amide bonds. The predicted octanol–water partition coefficient (Wildman–Crippen LogP) is 2.17. The lowest BCUT2D eigenvalue weighted by Crippen LogP contribution is -2.34. The van der Waals surface area contributed by atoms with Gasteiger partial charge in [0.1, 0.15) is 11.6 Å². The van der Waals surface area contributed by atoms with Gasteiger partial charge < -0.3 is 10.4 Å². The van der Waals surface area contributed by atoms with E-state index < -0.39 is 0 Å². The standard InChI is InChI=1S/C11H14FNO/c12-11-6-10(14)5-4-8(11)7-13-9-2-1-3-9/h4-6,9,13-14H,1-3,7H2. The molecule has 0 aromatic heterocycles. The monoisotopic (exact) mass is 195 g/mol. The SMILES string of the molecule is Oc1ccc(CNC2CCC2)c(F)c1. The van der Waals surface area contributed by atoms with Gasteiger partial charge in [0, 0.05) is 24.2 Å². The van der Waals surface area contributed by atoms with E-state index in [2.05, 4.69) is 5.32 Å². The van der Waals surface area contributed by atoms with Crippen molar-refractivity contribution in [2.75, 3.05) is 0 Å². The number of halogens is 1. The van der Waals surface area contributed by atoms with Crippen LogP contribution in [0.5, 0.6) is 5.75 Å². The Morgan fingerprint density at radius 1 is 1.43 bits per heavy atom. The zero-order chi connectivity index (χ0) is 9.97. The second-order valence-electron chi connectivity index (χ2n) is 3.78. The Kier molecular flexibility index (Phi) is 2.68. The number of hydrogen-bond acceptors (Lipinski definition) is 2. The van der Waals surface area contributed by atoms with Gasteiger partial charge in [-0.1, -0.05) is 12.5 Å². The second kappa shape index (κ2) is 3.96. The van der Waals surface area contributed by atoms with Crippen molar-refractivity contribution in [1.82, 2.24) is 5.32 Å². The summed E-state index contributed by atoms with van der Waals surface area (Å²) in [5.41, 5.74) is 0.620. The van der Waals surface area contributed by atoms with Gasteiger partial charge in [0.15, 0.2) is 0 Å². The molecule has 2 nitrogen and oxygen atoms in total. The van der Waals surface area contributed by atoms with Gasteiger partial charge in [-0.3, -0.25) is 0 Å². The Balaban J connectivity index is 1.94. The number of phenolic OH excluding ortho intramolecular Hbond substituents is 1. The van der Waals surface area contributed by atoms with Crippen molar-refractivity contribution in [2.24, 2.45) is 0 Å². The van der Waals surface area contributed by atoms with E-state index in [-0.39, 0.29) is 11.6 Å². The fourth-order valence-corrected chi connectivity index (χ4v) is 1.55. The molecule has 2 rings (SSSR count). The minimum Gasteiger partial charge on any atom is -0.508 e. The summed E-state index contributed by atoms with van der Waals surface area (Å²) in [7, 11) is 0. The van der Waals surface area contributed by atoms with Crippen LogP contribution in [-0.4, -0.2) is 11.1 Å². The average Bonchev–Trinajstić information content (AvgIpc) is 2.05. The largest absolute Gasteiger partial charge is 0.508 e. The summed E-state index contributed by atoms with van der Waals surface area (Å²) in [4.78, 5) is 0. The maximum absolute atomic E-state index is 13.2. The van der Waals surface area contributed by atoms with Crippen LogP contribution in [0.15, 0.2) is 18.2 Å². The molecule has 1 saturated carbocycles. The molecule has 1 aliphatic rings. The minimum absolute atomic E-state index is 0.0186. The van der Waals surface area contributed by atoms with Gasteiger partial charge in [-0.15, -0.1) is 0 Å². The molecule has 2 N–H and O–H groups in total. The number of benzene rings is 1. The van der Waals surface area contributed by atoms with Gasteiger partial charge in [0.05, 0.1) is 0 Å². The fourth-order valence-electron chi connectivity index (χ4n) is 1.55. The zero-order valence-electron chi connectivity index (χ0n) is 7.96. The lowest BCUT2D eigenvalue weighted by Gasteiger charge is -2.26. The van der Waals surface area contributed by atoms with Gasteiger partial charge in [-0.2, -0.15) is 0 Å². The van der Waals surface area contributed by atoms with E-state index in [4.69, 9.17) is 5.11 Å². The summed E-state index contributed by atoms with van der Waals surface area (Å²) in [6.45, 7) is 0.552. The molecule has 1 aromatic rings. The number of hydrogen-bond donors (Lipinski definition) is 2. The first-order chi connectivity index (χ1) is 6.75. The molecule has 0 atom stereocenters. The third-order valence-electron chi connectivity index (χ3n) is 2.72. The zero-order valence-corrected chi connectivity index (χ0v) is 7.96. The molecule has 0 radical (unpaired) electrons. The van der Waals surface area contributed by atoms with E-state index >= 15 is 0 Å². The Labute approximate surface area is 82.8 Å². The minimum atomic E-state index is -0.336. The maximum Gasteiger partial charge on any atom is 0.131 e. The number of phenols is 1. The van der Waals surface area contributed by atoms with Crippen LogP contribution in [0.25, 0.3) is 0 Å². The van der Waals surface area contributed by atoms with Crippen LogP contribution in [0.2, 0.25) is 0 Å². The maximum atomic E-state index is 13.2. The predicted molar refractivity (Wildman–Crippen MR) is 52.5 cm³/mol. The molecule has 0 saturated heterocycles. The highest BCUT2D eigenvalue weighted by molar-refractivity contribution is 5.27. The summed E-state index contributed by atoms with van der Waals surface area (Å²) >= 11 is 0. The van der Waals surface area contributed by atoms with Crippen LogP contribution in [-0.2, 0) is 6.54 Å². The summed E-state index contributed by atoms with van der Waals surface area (Å²) in [6, 6.07) is 4.85. The van der Waals surface area contributed by atoms with Crippen molar-refractivity contribution >= 4 is 0 Å². The highest BCUT2D eigenvalue weighted by Gasteiger charge is 2.16. The van der Waals surface area contributed by atoms with Crippen LogP contribution in [0.1, 0.15) is 24.8 Å². The van der Waals surface area contributed by atoms with Crippen LogP contribution in [0, 0.1) is 5.82 Å². The third kappa shape index (κ3) is 2.04. The molecule has 0 bridgehead atoms. The number of rotatable bonds is 3. The molecule has 1 aliphatic carbocycles. The normalized spacial score (nSPS) is 16.6. The van der Waals surface area contributed by atoms with Gasteiger partial charge in [0.2, 0.25) is 0 Å². The molecular formula is C11H14FNO. The van der Waals surface area contributed by atoms with E-state index in [0.29, 0.717) is 18.2 Å². The van der Waals surface area contributed by atoms with Crippen molar-refractivity contribution < 1.29 is 9.50 Å². The average molecular weight is 195 g/mol. The van der Waals surface area contributed by atoms with Crippen molar-refractivity contribution in [2.45, 2.75) is 31.8 Å². The Hall–Kier alpha value is -1.09. The van der Waals surface area contributed by atoms with Gasteiger partial charge in [-0.25, -0.2) is 4.39 Å². The lowest BCUT2D eigenvalue weighted by molar-refractivity contribution is 0.336. The summed E-state index contributed by atoms with van der Waals surface area (Å²) < 4.78 is 13.2. The van der Waals surface area contributed by atoms with Crippen molar-refractivity contribution in [3.8, 4) is 5.75 Å². The molecule has 0 unspecified atom stereocenters. The molecule has 1 aromatic carbocycles. The molecule has 0 aliphatic heterocycles. The fraction of sp³-hybridized carbons (Fsp3) is 0.455. The number of aromatic hydroxyl groups is 1. The Morgan fingerprint density at radius 2 is 2.21 bits per heavy atom. The number of nitrogens with one attached hydrogen (secondary N) is 1. The second-order valence-corrected chi connectivity index (χ2v) is 3.78. The van der Waals surface area contributed by atoms with Crippen molar-refractivity contribution in [1.29, 1.82) is 0 Å². The molecule has 0 spiro atoms. The molecule has 76 valence electrons. The van der Waals surface area contributed by atoms with E-state index in [1.54, 1.807) is 6.07 Å². The van der Waals surface area contributed by atoms with Crippen molar-refractivity contribution in [3.63, 3.8) is 0 Å². The van der Waals surface area contributed by atoms with Gasteiger partial charge in [0.25, 0.3) is 0 Å². The lowest BCUT2D eigenvalue weighted by atomic mass is 9.93. The Bertz CT molecular complexity index is 323. The van der Waals surface area contributed by atoms with E-state index in [1.807, 2.05) is 0 Å². The molecule has 0 heterocycles. The van der Waals surface area contributed by atoms with Crippen LogP contribution < -0.4 is 5.32 Å². The van der Waals surface area contributed by atoms with Gasteiger partial charge >= 0.3 is 0 Å². The summed E-state index contributed by atoms with van der Waals surface area (Å²) in [5, 5.41) is 12.3. The van der Waals surface area contributed by atoms with E-state index in [9.17, 15) is 4.39 Å². The first-order valence-electron chi connectivity index (χ1n) is 4.96. The van der Waals surface area contributed by atoms with Gasteiger partial charge in [-0.05, 0) is 18.9 Å². The molecule has 3 heteroatoms.